The Balaban J connectivity index is 2.20. The highest BCUT2D eigenvalue weighted by atomic mass is 79.9. The zero-order chi connectivity index (χ0) is 14.8. The summed E-state index contributed by atoms with van der Waals surface area (Å²) in [5.74, 6) is 0. The number of aryl methyl sites for hydroxylation is 2. The summed E-state index contributed by atoms with van der Waals surface area (Å²) in [6, 6.07) is 6.74. The highest BCUT2D eigenvalue weighted by Gasteiger charge is 2.17. The lowest BCUT2D eigenvalue weighted by atomic mass is 10.2. The van der Waals surface area contributed by atoms with Gasteiger partial charge in [-0.3, -0.25) is 4.68 Å². The van der Waals surface area contributed by atoms with Crippen LogP contribution < -0.4 is 4.72 Å². The van der Waals surface area contributed by atoms with Gasteiger partial charge in [0.25, 0.3) is 0 Å². The van der Waals surface area contributed by atoms with Crippen molar-refractivity contribution in [3.05, 3.63) is 46.2 Å². The van der Waals surface area contributed by atoms with Gasteiger partial charge in [0, 0.05) is 29.8 Å². The third kappa shape index (κ3) is 3.28. The lowest BCUT2D eigenvalue weighted by Gasteiger charge is -2.08. The van der Waals surface area contributed by atoms with Crippen molar-refractivity contribution in [2.75, 3.05) is 0 Å². The monoisotopic (exact) mass is 357 g/mol. The fourth-order valence-corrected chi connectivity index (χ4v) is 3.95. The molecule has 1 heterocycles. The van der Waals surface area contributed by atoms with Crippen molar-refractivity contribution in [1.29, 1.82) is 0 Å². The van der Waals surface area contributed by atoms with E-state index in [0.717, 1.165) is 17.7 Å². The summed E-state index contributed by atoms with van der Waals surface area (Å²) in [7, 11) is -1.71. The van der Waals surface area contributed by atoms with Crippen LogP contribution in [0.5, 0.6) is 0 Å². The molecule has 0 fully saturated rings. The highest BCUT2D eigenvalue weighted by Crippen LogP contribution is 2.21. The summed E-state index contributed by atoms with van der Waals surface area (Å²) < 4.78 is 29.4. The maximum Gasteiger partial charge on any atom is 0.241 e. The van der Waals surface area contributed by atoms with Gasteiger partial charge < -0.3 is 0 Å². The van der Waals surface area contributed by atoms with Crippen molar-refractivity contribution in [2.24, 2.45) is 7.05 Å². The maximum atomic E-state index is 12.3. The first-order valence-electron chi connectivity index (χ1n) is 6.19. The molecule has 2 aromatic rings. The van der Waals surface area contributed by atoms with Crippen LogP contribution in [0.2, 0.25) is 0 Å². The number of nitrogens with one attached hydrogen (secondary N) is 1. The summed E-state index contributed by atoms with van der Waals surface area (Å²) in [5.41, 5.74) is 1.80. The van der Waals surface area contributed by atoms with Crippen LogP contribution in [-0.2, 0) is 30.0 Å². The van der Waals surface area contributed by atoms with Crippen LogP contribution >= 0.6 is 15.9 Å². The van der Waals surface area contributed by atoms with Crippen LogP contribution in [0.25, 0.3) is 0 Å². The number of sulfonamides is 1. The van der Waals surface area contributed by atoms with Crippen molar-refractivity contribution in [1.82, 2.24) is 14.5 Å². The minimum atomic E-state index is -3.54. The Labute approximate surface area is 127 Å². The van der Waals surface area contributed by atoms with Crippen LogP contribution in [0.3, 0.4) is 0 Å². The van der Waals surface area contributed by atoms with Crippen LogP contribution in [0.15, 0.2) is 39.8 Å². The van der Waals surface area contributed by atoms with Crippen molar-refractivity contribution >= 4 is 26.0 Å². The fraction of sp³-hybridized carbons (Fsp3) is 0.308. The zero-order valence-corrected chi connectivity index (χ0v) is 13.7. The first-order chi connectivity index (χ1) is 9.44. The molecule has 0 amide bonds. The molecular formula is C13H16BrN3O2S. The largest absolute Gasteiger partial charge is 0.275 e. The van der Waals surface area contributed by atoms with Gasteiger partial charge in [0.2, 0.25) is 10.0 Å². The van der Waals surface area contributed by atoms with E-state index >= 15 is 0 Å². The Kier molecular flexibility index (Phi) is 4.62. The Morgan fingerprint density at radius 2 is 2.05 bits per heavy atom. The van der Waals surface area contributed by atoms with Crippen molar-refractivity contribution in [3.8, 4) is 0 Å². The van der Waals surface area contributed by atoms with E-state index in [9.17, 15) is 8.42 Å². The average Bonchev–Trinajstić information content (AvgIpc) is 2.77. The van der Waals surface area contributed by atoms with Gasteiger partial charge in [0.05, 0.1) is 10.6 Å². The molecule has 0 atom stereocenters. The molecule has 108 valence electrons. The quantitative estimate of drug-likeness (QED) is 0.892. The number of nitrogens with zero attached hydrogens (tertiary/aromatic N) is 2. The van der Waals surface area contributed by atoms with E-state index in [1.165, 1.54) is 0 Å². The van der Waals surface area contributed by atoms with Crippen LogP contribution in [0.4, 0.5) is 0 Å². The minimum absolute atomic E-state index is 0.237. The predicted octanol–water partition coefficient (Wildman–Crippen LogP) is 2.22. The standard InChI is InChI=1S/C13H16BrN3O2S/c1-3-12-10(9-17(2)16-12)8-15-20(18,19)13-7-5-4-6-11(13)14/h4-7,9,15H,3,8H2,1-2H3. The SMILES string of the molecule is CCc1nn(C)cc1CNS(=O)(=O)c1ccccc1Br. The maximum absolute atomic E-state index is 12.3. The van der Waals surface area contributed by atoms with E-state index in [4.69, 9.17) is 0 Å². The molecular weight excluding hydrogens is 342 g/mol. The highest BCUT2D eigenvalue weighted by molar-refractivity contribution is 9.10. The molecule has 0 aliphatic rings. The van der Waals surface area contributed by atoms with Gasteiger partial charge in [-0.25, -0.2) is 13.1 Å². The van der Waals surface area contributed by atoms with Crippen molar-refractivity contribution < 1.29 is 8.42 Å². The summed E-state index contributed by atoms with van der Waals surface area (Å²) in [6.45, 7) is 2.23. The number of halogens is 1. The molecule has 0 saturated carbocycles. The number of hydrogen-bond donors (Lipinski definition) is 1. The molecule has 1 N–H and O–H groups in total. The van der Waals surface area contributed by atoms with E-state index < -0.39 is 10.0 Å². The average molecular weight is 358 g/mol. The van der Waals surface area contributed by atoms with Gasteiger partial charge in [-0.2, -0.15) is 5.10 Å². The minimum Gasteiger partial charge on any atom is -0.275 e. The van der Waals surface area contributed by atoms with Gasteiger partial charge in [-0.15, -0.1) is 0 Å². The number of hydrogen-bond acceptors (Lipinski definition) is 3. The molecule has 0 unspecified atom stereocenters. The fourth-order valence-electron chi connectivity index (χ4n) is 1.94. The van der Waals surface area contributed by atoms with Gasteiger partial charge in [-0.1, -0.05) is 19.1 Å². The third-order valence-corrected chi connectivity index (χ3v) is 5.32. The molecule has 1 aromatic carbocycles. The van der Waals surface area contributed by atoms with Gasteiger partial charge >= 0.3 is 0 Å². The molecule has 20 heavy (non-hydrogen) atoms. The molecule has 1 aromatic heterocycles. The molecule has 0 bridgehead atoms. The molecule has 0 aliphatic carbocycles. The second-order valence-corrected chi connectivity index (χ2v) is 6.97. The number of benzene rings is 1. The summed E-state index contributed by atoms with van der Waals surface area (Å²) >= 11 is 3.25. The predicted molar refractivity (Wildman–Crippen MR) is 80.8 cm³/mol. The second-order valence-electron chi connectivity index (χ2n) is 4.38. The Morgan fingerprint density at radius 3 is 2.70 bits per heavy atom. The normalized spacial score (nSPS) is 11.8. The van der Waals surface area contributed by atoms with Crippen LogP contribution in [0.1, 0.15) is 18.2 Å². The molecule has 7 heteroatoms. The topological polar surface area (TPSA) is 64.0 Å². The van der Waals surface area contributed by atoms with E-state index in [1.54, 1.807) is 28.9 Å². The smallest absolute Gasteiger partial charge is 0.241 e. The number of rotatable bonds is 5. The van der Waals surface area contributed by atoms with Crippen molar-refractivity contribution in [3.63, 3.8) is 0 Å². The first kappa shape index (κ1) is 15.2. The Morgan fingerprint density at radius 1 is 1.35 bits per heavy atom. The summed E-state index contributed by atoms with van der Waals surface area (Å²) in [6.07, 6.45) is 2.61. The lowest BCUT2D eigenvalue weighted by Crippen LogP contribution is -2.23. The van der Waals surface area contributed by atoms with E-state index in [1.807, 2.05) is 20.2 Å². The number of aromatic nitrogens is 2. The molecule has 0 aliphatic heterocycles. The molecule has 5 nitrogen and oxygen atoms in total. The Bertz CT molecular complexity index is 710. The van der Waals surface area contributed by atoms with Gasteiger partial charge in [-0.05, 0) is 34.5 Å². The Hall–Kier alpha value is -1.18. The van der Waals surface area contributed by atoms with E-state index in [2.05, 4.69) is 25.8 Å². The molecule has 0 spiro atoms. The zero-order valence-electron chi connectivity index (χ0n) is 11.3. The van der Waals surface area contributed by atoms with Gasteiger partial charge in [0.1, 0.15) is 0 Å². The molecule has 0 saturated heterocycles. The molecule has 0 radical (unpaired) electrons. The second kappa shape index (κ2) is 6.07. The summed E-state index contributed by atoms with van der Waals surface area (Å²) in [5, 5.41) is 4.29. The van der Waals surface area contributed by atoms with E-state index in [-0.39, 0.29) is 11.4 Å². The summed E-state index contributed by atoms with van der Waals surface area (Å²) in [4.78, 5) is 0.238. The van der Waals surface area contributed by atoms with Crippen LogP contribution in [0, 0.1) is 0 Å². The van der Waals surface area contributed by atoms with Crippen molar-refractivity contribution in [2.45, 2.75) is 24.8 Å². The molecule has 2 rings (SSSR count). The van der Waals surface area contributed by atoms with Gasteiger partial charge in [0.15, 0.2) is 0 Å². The first-order valence-corrected chi connectivity index (χ1v) is 8.47. The lowest BCUT2D eigenvalue weighted by molar-refractivity contribution is 0.580. The van der Waals surface area contributed by atoms with E-state index in [0.29, 0.717) is 4.47 Å². The third-order valence-electron chi connectivity index (χ3n) is 2.91. The van der Waals surface area contributed by atoms with Crippen LogP contribution in [-0.4, -0.2) is 18.2 Å².